The van der Waals surface area contributed by atoms with Gasteiger partial charge in [-0.15, -0.1) is 0 Å². The lowest BCUT2D eigenvalue weighted by molar-refractivity contribution is -0.112. The zero-order valence-corrected chi connectivity index (χ0v) is 36.4. The minimum Gasteiger partial charge on any atom is -0.478 e. The Balaban J connectivity index is 0.000000170. The molecule has 3 atom stereocenters. The van der Waals surface area contributed by atoms with E-state index in [1.165, 1.54) is 0 Å². The van der Waals surface area contributed by atoms with Crippen molar-refractivity contribution in [1.29, 1.82) is 10.5 Å². The normalized spacial score (nSPS) is 22.0. The fraction of sp³-hybridized carbons (Fsp3) is 0.442. The average Bonchev–Trinajstić information content (AvgIpc) is 4.04. The van der Waals surface area contributed by atoms with Gasteiger partial charge in [0.2, 0.25) is 17.6 Å². The van der Waals surface area contributed by atoms with Gasteiger partial charge in [0.15, 0.2) is 0 Å². The number of nitrogens with zero attached hydrogens (tertiary/aromatic N) is 5. The maximum absolute atomic E-state index is 11.4. The molecule has 58 heavy (non-hydrogen) atoms. The molecule has 13 nitrogen and oxygen atoms in total. The molecule has 7 rings (SSSR count). The summed E-state index contributed by atoms with van der Waals surface area (Å²) in [5.41, 5.74) is 10.2. The van der Waals surface area contributed by atoms with Crippen molar-refractivity contribution >= 4 is 43.8 Å². The number of nitrogen functional groups attached to an aromatic ring is 1. The van der Waals surface area contributed by atoms with Gasteiger partial charge in [0.25, 0.3) is 0 Å². The lowest BCUT2D eigenvalue weighted by Crippen LogP contribution is -2.29. The number of ether oxygens (including phenoxy) is 6. The number of benzene rings is 1. The highest BCUT2D eigenvalue weighted by Gasteiger charge is 2.42. The summed E-state index contributed by atoms with van der Waals surface area (Å²) in [5, 5.41) is 19.2. The molecule has 1 aromatic carbocycles. The number of hydrogen-bond acceptors (Lipinski definition) is 13. The number of hydrogen-bond donors (Lipinski definition) is 1. The maximum Gasteiger partial charge on any atom is 0.218 e. The first-order chi connectivity index (χ1) is 28.0. The van der Waals surface area contributed by atoms with Gasteiger partial charge in [0, 0.05) is 75.3 Å². The van der Waals surface area contributed by atoms with Crippen molar-refractivity contribution < 1.29 is 33.2 Å². The highest BCUT2D eigenvalue weighted by Crippen LogP contribution is 2.41. The van der Waals surface area contributed by atoms with Crippen LogP contribution in [0.4, 0.5) is 5.69 Å². The van der Waals surface area contributed by atoms with Crippen LogP contribution in [-0.2, 0) is 35.3 Å². The number of anilines is 1. The standard InChI is InChI=1S/C19H21N3O2.C12H13BrN2O2.C12H14BrNO3/c1-3-24-18-17(19(11-20)6-7-23-12-19)8-14(10-22-18)16-9-15(21)5-4-13(16)2;1-2-17-11-10(5-9(13)6-15-11)12(7-14)3-4-16-8-12;1-2-17-11-10(5-9(13)6-14-11)12(7-15)3-4-16-8-12/h4-5,8-10H,3,6-7,12,21H2,1-2H3;5-6H,2-4,8H2,1H3;5-7H,2-4,8H2,1H3. The van der Waals surface area contributed by atoms with Crippen LogP contribution >= 0.6 is 31.9 Å². The highest BCUT2D eigenvalue weighted by atomic mass is 79.9. The monoisotopic (exact) mass is 918 g/mol. The van der Waals surface area contributed by atoms with Gasteiger partial charge in [-0.1, -0.05) is 6.07 Å². The molecule has 0 amide bonds. The molecule has 0 saturated carbocycles. The number of carbonyl (C=O) groups excluding carboxylic acids is 1. The first-order valence-corrected chi connectivity index (χ1v) is 20.7. The molecule has 3 unspecified atom stereocenters. The average molecular weight is 921 g/mol. The molecule has 306 valence electrons. The highest BCUT2D eigenvalue weighted by molar-refractivity contribution is 9.10. The number of nitriles is 2. The van der Waals surface area contributed by atoms with Crippen LogP contribution in [0.2, 0.25) is 0 Å². The number of rotatable bonds is 11. The first kappa shape index (κ1) is 44.5. The van der Waals surface area contributed by atoms with Crippen molar-refractivity contribution in [2.75, 3.05) is 65.2 Å². The van der Waals surface area contributed by atoms with E-state index in [1.807, 2.05) is 64.1 Å². The number of aromatic nitrogens is 3. The van der Waals surface area contributed by atoms with E-state index in [4.69, 9.17) is 34.2 Å². The topological polar surface area (TPSA) is 185 Å². The molecule has 3 saturated heterocycles. The van der Waals surface area contributed by atoms with E-state index in [0.29, 0.717) is 102 Å². The van der Waals surface area contributed by atoms with Crippen molar-refractivity contribution in [3.63, 3.8) is 0 Å². The van der Waals surface area contributed by atoms with Gasteiger partial charge in [-0.2, -0.15) is 10.5 Å². The van der Waals surface area contributed by atoms with Crippen LogP contribution < -0.4 is 19.9 Å². The summed E-state index contributed by atoms with van der Waals surface area (Å²) < 4.78 is 34.5. The van der Waals surface area contributed by atoms with Crippen LogP contribution in [0, 0.1) is 29.6 Å². The number of pyridine rings is 3. The van der Waals surface area contributed by atoms with Crippen LogP contribution in [0.25, 0.3) is 11.1 Å². The second-order valence-electron chi connectivity index (χ2n) is 14.0. The smallest absolute Gasteiger partial charge is 0.218 e. The van der Waals surface area contributed by atoms with Crippen LogP contribution in [-0.4, -0.2) is 80.7 Å². The summed E-state index contributed by atoms with van der Waals surface area (Å²) in [7, 11) is 0. The molecule has 0 aliphatic carbocycles. The van der Waals surface area contributed by atoms with Gasteiger partial charge in [0.05, 0.1) is 57.2 Å². The van der Waals surface area contributed by atoms with E-state index >= 15 is 0 Å². The molecule has 3 aromatic heterocycles. The molecule has 6 heterocycles. The quantitative estimate of drug-likeness (QED) is 0.114. The molecule has 15 heteroatoms. The largest absolute Gasteiger partial charge is 0.478 e. The van der Waals surface area contributed by atoms with E-state index in [2.05, 4.69) is 59.0 Å². The Bertz CT molecular complexity index is 2120. The zero-order chi connectivity index (χ0) is 41.8. The number of carbonyl (C=O) groups is 1. The first-order valence-electron chi connectivity index (χ1n) is 19.1. The Morgan fingerprint density at radius 3 is 1.67 bits per heavy atom. The second kappa shape index (κ2) is 20.4. The number of aryl methyl sites for hydroxylation is 1. The molecule has 0 radical (unpaired) electrons. The summed E-state index contributed by atoms with van der Waals surface area (Å²) in [6, 6.07) is 16.4. The van der Waals surface area contributed by atoms with Gasteiger partial charge in [-0.3, -0.25) is 0 Å². The maximum atomic E-state index is 11.4. The SMILES string of the molecule is CCOc1ncc(-c2cc(N)ccc2C)cc1C1(C#N)CCOC1.CCOc1ncc(Br)cc1C1(C#N)CCOC1.CCOc1ncc(Br)cc1C1(C=O)CCOC1. The molecule has 4 aromatic rings. The predicted octanol–water partition coefficient (Wildman–Crippen LogP) is 7.74. The van der Waals surface area contributed by atoms with Gasteiger partial charge < -0.3 is 38.9 Å². The molecule has 3 aliphatic heterocycles. The van der Waals surface area contributed by atoms with Crippen LogP contribution in [0.1, 0.15) is 62.3 Å². The van der Waals surface area contributed by atoms with E-state index < -0.39 is 16.2 Å². The summed E-state index contributed by atoms with van der Waals surface area (Å²) >= 11 is 6.75. The molecule has 3 fully saturated rings. The van der Waals surface area contributed by atoms with Crippen molar-refractivity contribution in [2.45, 2.75) is 63.2 Å². The van der Waals surface area contributed by atoms with E-state index in [1.54, 1.807) is 18.6 Å². The number of halogens is 2. The van der Waals surface area contributed by atoms with Crippen molar-refractivity contribution in [3.05, 3.63) is 86.2 Å². The van der Waals surface area contributed by atoms with Gasteiger partial charge in [-0.05, 0) is 120 Å². The molecular weight excluding hydrogens is 872 g/mol. The third-order valence-electron chi connectivity index (χ3n) is 10.2. The predicted molar refractivity (Wildman–Crippen MR) is 225 cm³/mol. The summed E-state index contributed by atoms with van der Waals surface area (Å²) in [5.74, 6) is 1.56. The van der Waals surface area contributed by atoms with E-state index in [0.717, 1.165) is 48.6 Å². The zero-order valence-electron chi connectivity index (χ0n) is 33.2. The number of nitrogens with two attached hydrogens (primary N) is 1. The van der Waals surface area contributed by atoms with E-state index in [9.17, 15) is 15.3 Å². The van der Waals surface area contributed by atoms with Crippen molar-refractivity contribution in [2.24, 2.45) is 0 Å². The fourth-order valence-electron chi connectivity index (χ4n) is 7.00. The van der Waals surface area contributed by atoms with Crippen molar-refractivity contribution in [1.82, 2.24) is 15.0 Å². The van der Waals surface area contributed by atoms with Gasteiger partial charge in [0.1, 0.15) is 17.1 Å². The minimum atomic E-state index is -0.707. The number of aldehydes is 1. The molecule has 0 bridgehead atoms. The molecule has 0 spiro atoms. The third-order valence-corrected chi connectivity index (χ3v) is 11.1. The Hall–Kier alpha value is -4.64. The molecule has 3 aliphatic rings. The lowest BCUT2D eigenvalue weighted by Gasteiger charge is -2.22. The summed E-state index contributed by atoms with van der Waals surface area (Å²) in [6.07, 6.45) is 8.07. The molecular formula is C43H48Br2N6O7. The van der Waals surface area contributed by atoms with Crippen molar-refractivity contribution in [3.8, 4) is 40.9 Å². The lowest BCUT2D eigenvalue weighted by atomic mass is 9.81. The minimum absolute atomic E-state index is 0.366. The summed E-state index contributed by atoms with van der Waals surface area (Å²) in [6.45, 7) is 12.2. The van der Waals surface area contributed by atoms with Gasteiger partial charge in [-0.25, -0.2) is 15.0 Å². The van der Waals surface area contributed by atoms with Crippen LogP contribution in [0.15, 0.2) is 63.9 Å². The Morgan fingerprint density at radius 1 is 0.724 bits per heavy atom. The van der Waals surface area contributed by atoms with Crippen LogP contribution in [0.3, 0.4) is 0 Å². The Morgan fingerprint density at radius 2 is 1.21 bits per heavy atom. The molecule has 2 N–H and O–H groups in total. The van der Waals surface area contributed by atoms with Gasteiger partial charge >= 0.3 is 0 Å². The third kappa shape index (κ3) is 9.96. The Kier molecular flexibility index (Phi) is 15.6. The Labute approximate surface area is 356 Å². The summed E-state index contributed by atoms with van der Waals surface area (Å²) in [4.78, 5) is 24.4. The van der Waals surface area contributed by atoms with Crippen LogP contribution in [0.5, 0.6) is 17.6 Å². The second-order valence-corrected chi connectivity index (χ2v) is 15.9. The fourth-order valence-corrected chi connectivity index (χ4v) is 7.66. The van der Waals surface area contributed by atoms with E-state index in [-0.39, 0.29) is 0 Å².